The van der Waals surface area contributed by atoms with Crippen LogP contribution in [0.3, 0.4) is 0 Å². The summed E-state index contributed by atoms with van der Waals surface area (Å²) < 4.78 is 31.7. The predicted octanol–water partition coefficient (Wildman–Crippen LogP) is 2.90. The molecule has 0 aliphatic carbocycles. The van der Waals surface area contributed by atoms with Crippen molar-refractivity contribution < 1.29 is 42.9 Å². The van der Waals surface area contributed by atoms with E-state index in [0.29, 0.717) is 36.7 Å². The largest absolute Gasteiger partial charge is 0.490 e. The molecule has 2 aromatic rings. The molecule has 2 aliphatic heterocycles. The van der Waals surface area contributed by atoms with Crippen LogP contribution in [0.5, 0.6) is 0 Å². The van der Waals surface area contributed by atoms with Crippen molar-refractivity contribution >= 4 is 17.8 Å². The molecule has 0 spiro atoms. The summed E-state index contributed by atoms with van der Waals surface area (Å²) >= 11 is 0. The van der Waals surface area contributed by atoms with Crippen molar-refractivity contribution in [1.29, 1.82) is 0 Å². The number of halogens is 3. The highest BCUT2D eigenvalue weighted by molar-refractivity contribution is 5.92. The molecule has 2 heterocycles. The van der Waals surface area contributed by atoms with Crippen molar-refractivity contribution in [2.45, 2.75) is 68.9 Å². The first kappa shape index (κ1) is 32.0. The Hall–Kier alpha value is -3.48. The molecule has 1 unspecified atom stereocenters. The van der Waals surface area contributed by atoms with E-state index < -0.39 is 30.8 Å². The first-order valence-electron chi connectivity index (χ1n) is 13.5. The van der Waals surface area contributed by atoms with Gasteiger partial charge in [0, 0.05) is 37.3 Å². The number of carbonyl (C=O) groups excluding carboxylic acids is 2. The van der Waals surface area contributed by atoms with Gasteiger partial charge in [-0.05, 0) is 61.3 Å². The number of carboxylic acids is 1. The van der Waals surface area contributed by atoms with Crippen LogP contribution in [0.1, 0.15) is 59.5 Å². The molecule has 224 valence electrons. The monoisotopic (exact) mass is 579 g/mol. The van der Waals surface area contributed by atoms with E-state index in [9.17, 15) is 33.0 Å². The van der Waals surface area contributed by atoms with Crippen molar-refractivity contribution in [2.24, 2.45) is 5.73 Å². The van der Waals surface area contributed by atoms with Gasteiger partial charge in [0.2, 0.25) is 5.91 Å². The van der Waals surface area contributed by atoms with E-state index in [2.05, 4.69) is 11.0 Å². The first-order chi connectivity index (χ1) is 19.4. The summed E-state index contributed by atoms with van der Waals surface area (Å²) in [4.78, 5) is 37.4. The molecule has 0 radical (unpaired) electrons. The number of nitrogens with zero attached hydrogens (tertiary/aromatic N) is 2. The summed E-state index contributed by atoms with van der Waals surface area (Å²) in [6.07, 6.45) is -1.18. The summed E-state index contributed by atoms with van der Waals surface area (Å²) in [7, 11) is 0. The Kier molecular flexibility index (Phi) is 11.3. The quantitative estimate of drug-likeness (QED) is 0.339. The van der Waals surface area contributed by atoms with Crippen LogP contribution in [0.15, 0.2) is 54.6 Å². The molecule has 2 aromatic carbocycles. The number of carboxylic acid groups (broad SMARTS) is 1. The van der Waals surface area contributed by atoms with Gasteiger partial charge < -0.3 is 26.0 Å². The molecule has 5 N–H and O–H groups in total. The number of benzene rings is 2. The summed E-state index contributed by atoms with van der Waals surface area (Å²) in [6.45, 7) is 1.28. The van der Waals surface area contributed by atoms with Crippen LogP contribution in [-0.2, 0) is 16.1 Å². The first-order valence-corrected chi connectivity index (χ1v) is 13.5. The lowest BCUT2D eigenvalue weighted by Gasteiger charge is -2.39. The fraction of sp³-hybridized carbons (Fsp3) is 0.483. The molecular formula is C29H36F3N3O6. The number of rotatable bonds is 10. The van der Waals surface area contributed by atoms with Gasteiger partial charge in [0.1, 0.15) is 0 Å². The van der Waals surface area contributed by atoms with Crippen LogP contribution in [-0.4, -0.2) is 87.0 Å². The van der Waals surface area contributed by atoms with Crippen LogP contribution in [0, 0.1) is 0 Å². The lowest BCUT2D eigenvalue weighted by atomic mass is 9.84. The highest BCUT2D eigenvalue weighted by atomic mass is 19.4. The van der Waals surface area contributed by atoms with E-state index >= 15 is 0 Å². The molecule has 9 nitrogen and oxygen atoms in total. The number of primary amides is 1. The van der Waals surface area contributed by atoms with Crippen molar-refractivity contribution in [3.63, 3.8) is 0 Å². The number of aliphatic hydroxyl groups is 2. The Morgan fingerprint density at radius 1 is 1.02 bits per heavy atom. The number of nitrogens with two attached hydrogens (primary N) is 1. The Balaban J connectivity index is 0.000000587. The molecule has 12 heteroatoms. The maximum Gasteiger partial charge on any atom is 0.490 e. The van der Waals surface area contributed by atoms with Gasteiger partial charge in [-0.15, -0.1) is 0 Å². The average Bonchev–Trinajstić information content (AvgIpc) is 3.17. The third-order valence-electron chi connectivity index (χ3n) is 7.60. The molecule has 2 amide bonds. The highest BCUT2D eigenvalue weighted by Crippen LogP contribution is 2.43. The molecule has 2 aliphatic rings. The highest BCUT2D eigenvalue weighted by Gasteiger charge is 2.41. The number of piperidine rings is 1. The van der Waals surface area contributed by atoms with E-state index in [-0.39, 0.29) is 5.91 Å². The summed E-state index contributed by atoms with van der Waals surface area (Å²) in [5.41, 5.74) is 8.24. The minimum atomic E-state index is -5.08. The fourth-order valence-electron chi connectivity index (χ4n) is 5.66. The van der Waals surface area contributed by atoms with Crippen LogP contribution in [0.4, 0.5) is 13.2 Å². The van der Waals surface area contributed by atoms with Crippen molar-refractivity contribution in [3.8, 4) is 0 Å². The molecule has 41 heavy (non-hydrogen) atoms. The second kappa shape index (κ2) is 14.4. The lowest BCUT2D eigenvalue weighted by molar-refractivity contribution is -0.192. The summed E-state index contributed by atoms with van der Waals surface area (Å²) in [6, 6.07) is 18.5. The smallest absolute Gasteiger partial charge is 0.475 e. The summed E-state index contributed by atoms with van der Waals surface area (Å²) in [5, 5.41) is 26.3. The standard InChI is InChI=1S/C27H35N3O4.C2HF3O2/c28-26(33)21-9-4-8-20(14-21)22-15-23-10-11-24(16-22)30(23)13-5-12-29(27(34)25(32)18-31)17-19-6-2-1-3-7-19;3-2(4,5)1(6)7/h1-4,6-9,14,22-25,31-32H,5,10-13,15-18H2,(H2,28,33);(H,6,7)/t22?,23-,24+,25-;/m0./s1. The molecule has 4 atom stereocenters. The van der Waals surface area contributed by atoms with Gasteiger partial charge in [-0.2, -0.15) is 13.2 Å². The van der Waals surface area contributed by atoms with Gasteiger partial charge in [-0.1, -0.05) is 42.5 Å². The average molecular weight is 580 g/mol. The Morgan fingerprint density at radius 2 is 1.63 bits per heavy atom. The molecule has 0 saturated carbocycles. The number of aliphatic hydroxyl groups excluding tert-OH is 2. The number of hydrogen-bond acceptors (Lipinski definition) is 6. The SMILES string of the molecule is NC(=O)c1cccc(C2C[C@H]3CC[C@@H](C2)N3CCCN(Cc2ccccc2)C(=O)[C@@H](O)CO)c1.O=C(O)C(F)(F)F. The predicted molar refractivity (Wildman–Crippen MR) is 144 cm³/mol. The summed E-state index contributed by atoms with van der Waals surface area (Å²) in [5.74, 6) is -3.14. The third-order valence-corrected chi connectivity index (χ3v) is 7.60. The zero-order valence-corrected chi connectivity index (χ0v) is 22.5. The van der Waals surface area contributed by atoms with Crippen LogP contribution in [0.25, 0.3) is 0 Å². The molecular weight excluding hydrogens is 543 g/mol. The Labute approximate surface area is 236 Å². The van der Waals surface area contributed by atoms with Crippen molar-refractivity contribution in [3.05, 3.63) is 71.3 Å². The normalized spacial score (nSPS) is 21.0. The maximum absolute atomic E-state index is 12.6. The number of fused-ring (bicyclic) bond motifs is 2. The van der Waals surface area contributed by atoms with Crippen LogP contribution >= 0.6 is 0 Å². The molecule has 0 aromatic heterocycles. The number of amides is 2. The van der Waals surface area contributed by atoms with Crippen LogP contribution < -0.4 is 5.73 Å². The van der Waals surface area contributed by atoms with E-state index in [1.807, 2.05) is 42.5 Å². The zero-order chi connectivity index (χ0) is 30.2. The third kappa shape index (κ3) is 9.00. The van der Waals surface area contributed by atoms with E-state index in [4.69, 9.17) is 15.6 Å². The van der Waals surface area contributed by atoms with Crippen molar-refractivity contribution in [2.75, 3.05) is 19.7 Å². The minimum Gasteiger partial charge on any atom is -0.475 e. The Bertz CT molecular complexity index is 1170. The molecule has 2 bridgehead atoms. The topological polar surface area (TPSA) is 144 Å². The number of carbonyl (C=O) groups is 3. The number of alkyl halides is 3. The molecule has 2 saturated heterocycles. The van der Waals surface area contributed by atoms with Gasteiger partial charge >= 0.3 is 12.1 Å². The van der Waals surface area contributed by atoms with E-state index in [0.717, 1.165) is 31.4 Å². The van der Waals surface area contributed by atoms with Gasteiger partial charge in [-0.25, -0.2) is 4.79 Å². The lowest BCUT2D eigenvalue weighted by Crippen LogP contribution is -2.45. The second-order valence-electron chi connectivity index (χ2n) is 10.4. The van der Waals surface area contributed by atoms with Gasteiger partial charge in [0.25, 0.3) is 5.91 Å². The van der Waals surface area contributed by atoms with E-state index in [1.165, 1.54) is 18.4 Å². The minimum absolute atomic E-state index is 0.386. The Morgan fingerprint density at radius 3 is 2.17 bits per heavy atom. The zero-order valence-electron chi connectivity index (χ0n) is 22.5. The van der Waals surface area contributed by atoms with Crippen molar-refractivity contribution in [1.82, 2.24) is 9.80 Å². The second-order valence-corrected chi connectivity index (χ2v) is 10.4. The number of aliphatic carboxylic acids is 1. The maximum atomic E-state index is 12.6. The molecule has 2 fully saturated rings. The fourth-order valence-corrected chi connectivity index (χ4v) is 5.66. The van der Waals surface area contributed by atoms with Gasteiger partial charge in [0.15, 0.2) is 6.10 Å². The van der Waals surface area contributed by atoms with Crippen LogP contribution in [0.2, 0.25) is 0 Å². The van der Waals surface area contributed by atoms with Gasteiger partial charge in [0.05, 0.1) is 6.61 Å². The van der Waals surface area contributed by atoms with Gasteiger partial charge in [-0.3, -0.25) is 14.5 Å². The van der Waals surface area contributed by atoms with E-state index in [1.54, 1.807) is 11.0 Å². The number of hydrogen-bond donors (Lipinski definition) is 4. The molecule has 4 rings (SSSR count).